The van der Waals surface area contributed by atoms with Gasteiger partial charge in [0.1, 0.15) is 6.04 Å². The van der Waals surface area contributed by atoms with E-state index in [-0.39, 0.29) is 12.5 Å². The number of hydrogen-bond acceptors (Lipinski definition) is 3. The van der Waals surface area contributed by atoms with Gasteiger partial charge in [-0.15, -0.1) is 23.7 Å². The number of thiophene rings is 1. The van der Waals surface area contributed by atoms with Crippen molar-refractivity contribution in [1.82, 2.24) is 10.6 Å². The van der Waals surface area contributed by atoms with Crippen LogP contribution in [0.4, 0.5) is 4.79 Å². The molecular formula is C14H18N2O3S. The lowest BCUT2D eigenvalue weighted by atomic mass is 10.1. The summed E-state index contributed by atoms with van der Waals surface area (Å²) in [5.41, 5.74) is 0. The zero-order valence-electron chi connectivity index (χ0n) is 11.3. The second-order valence-corrected chi connectivity index (χ2v) is 5.25. The van der Waals surface area contributed by atoms with Crippen molar-refractivity contribution < 1.29 is 14.7 Å². The summed E-state index contributed by atoms with van der Waals surface area (Å²) in [7, 11) is 0. The van der Waals surface area contributed by atoms with E-state index in [1.807, 2.05) is 24.4 Å². The molecule has 1 aromatic heterocycles. The molecule has 1 aromatic rings. The van der Waals surface area contributed by atoms with E-state index in [0.717, 1.165) is 17.7 Å². The van der Waals surface area contributed by atoms with Gasteiger partial charge in [0.15, 0.2) is 0 Å². The fourth-order valence-electron chi connectivity index (χ4n) is 1.74. The Kier molecular flexibility index (Phi) is 6.60. The molecule has 0 aliphatic heterocycles. The van der Waals surface area contributed by atoms with Crippen LogP contribution in [0.15, 0.2) is 17.5 Å². The molecule has 0 bridgehead atoms. The van der Waals surface area contributed by atoms with Gasteiger partial charge in [0.25, 0.3) is 0 Å². The maximum absolute atomic E-state index is 11.9. The van der Waals surface area contributed by atoms with Crippen LogP contribution in [0.1, 0.15) is 37.1 Å². The summed E-state index contributed by atoms with van der Waals surface area (Å²) in [4.78, 5) is 23.8. The molecule has 20 heavy (non-hydrogen) atoms. The minimum Gasteiger partial charge on any atom is -0.480 e. The highest BCUT2D eigenvalue weighted by Gasteiger charge is 2.21. The molecule has 3 N–H and O–H groups in total. The van der Waals surface area contributed by atoms with Gasteiger partial charge < -0.3 is 15.7 Å². The third-order valence-corrected chi connectivity index (χ3v) is 3.68. The third-order valence-electron chi connectivity index (χ3n) is 2.69. The Hall–Kier alpha value is -2.00. The average molecular weight is 294 g/mol. The normalized spacial score (nSPS) is 13.0. The van der Waals surface area contributed by atoms with Crippen LogP contribution in [-0.2, 0) is 4.79 Å². The van der Waals surface area contributed by atoms with Crippen LogP contribution in [0, 0.1) is 12.3 Å². The van der Waals surface area contributed by atoms with Crippen LogP contribution >= 0.6 is 11.3 Å². The largest absolute Gasteiger partial charge is 0.480 e. The summed E-state index contributed by atoms with van der Waals surface area (Å²) < 4.78 is 0. The van der Waals surface area contributed by atoms with Crippen LogP contribution in [0.25, 0.3) is 0 Å². The van der Waals surface area contributed by atoms with Gasteiger partial charge in [-0.3, -0.25) is 0 Å². The molecular weight excluding hydrogens is 276 g/mol. The smallest absolute Gasteiger partial charge is 0.327 e. The lowest BCUT2D eigenvalue weighted by Crippen LogP contribution is -2.46. The summed E-state index contributed by atoms with van der Waals surface area (Å²) in [5.74, 6) is 1.10. The zero-order valence-corrected chi connectivity index (χ0v) is 12.1. The van der Waals surface area contributed by atoms with Crippen LogP contribution in [0.2, 0.25) is 0 Å². The summed E-state index contributed by atoms with van der Waals surface area (Å²) in [6.45, 7) is 2.03. The van der Waals surface area contributed by atoms with E-state index in [2.05, 4.69) is 16.6 Å². The molecule has 5 nitrogen and oxygen atoms in total. The minimum absolute atomic E-state index is 0.0415. The predicted octanol–water partition coefficient (Wildman–Crippen LogP) is 2.37. The van der Waals surface area contributed by atoms with Crippen LogP contribution < -0.4 is 10.6 Å². The van der Waals surface area contributed by atoms with Gasteiger partial charge in [0, 0.05) is 11.3 Å². The van der Waals surface area contributed by atoms with Crippen molar-refractivity contribution in [2.24, 2.45) is 0 Å². The fourth-order valence-corrected chi connectivity index (χ4v) is 2.55. The van der Waals surface area contributed by atoms with E-state index in [0.29, 0.717) is 0 Å². The number of aliphatic carboxylic acids is 1. The molecule has 0 aliphatic carbocycles. The van der Waals surface area contributed by atoms with E-state index in [4.69, 9.17) is 11.5 Å². The minimum atomic E-state index is -1.14. The van der Waals surface area contributed by atoms with Crippen molar-refractivity contribution in [3.63, 3.8) is 0 Å². The van der Waals surface area contributed by atoms with E-state index in [1.165, 1.54) is 0 Å². The monoisotopic (exact) mass is 294 g/mol. The highest BCUT2D eigenvalue weighted by Crippen LogP contribution is 2.22. The highest BCUT2D eigenvalue weighted by molar-refractivity contribution is 7.10. The second kappa shape index (κ2) is 8.23. The fraction of sp³-hybridized carbons (Fsp3) is 0.429. The molecule has 0 fully saturated rings. The first-order valence-corrected chi connectivity index (χ1v) is 7.23. The number of urea groups is 1. The topological polar surface area (TPSA) is 78.4 Å². The Morgan fingerprint density at radius 2 is 2.25 bits per heavy atom. The van der Waals surface area contributed by atoms with Crippen LogP contribution in [-0.4, -0.2) is 23.1 Å². The number of rotatable bonds is 7. The van der Waals surface area contributed by atoms with E-state index >= 15 is 0 Å². The maximum Gasteiger partial charge on any atom is 0.327 e. The molecule has 0 spiro atoms. The third kappa shape index (κ3) is 4.94. The quantitative estimate of drug-likeness (QED) is 0.676. The Morgan fingerprint density at radius 3 is 2.75 bits per heavy atom. The van der Waals surface area contributed by atoms with Gasteiger partial charge in [-0.2, -0.15) is 0 Å². The first-order valence-electron chi connectivity index (χ1n) is 6.35. The molecule has 0 aromatic carbocycles. The first-order chi connectivity index (χ1) is 9.58. The standard InChI is InChI=1S/C14H18N2O3S/c1-3-6-10(12-8-5-9-20-12)15-14(19)16-11(7-4-2)13(17)18/h2,5,8-11H,3,6-7H2,1H3,(H,17,18)(H2,15,16,19). The number of carbonyl (C=O) groups is 2. The Balaban J connectivity index is 2.62. The Labute approximate surface area is 122 Å². The molecule has 0 saturated carbocycles. The SMILES string of the molecule is C#CCC(NC(=O)NC(CCC)c1cccs1)C(=O)O. The van der Waals surface area contributed by atoms with Gasteiger partial charge in [-0.1, -0.05) is 19.4 Å². The van der Waals surface area contributed by atoms with Crippen molar-refractivity contribution in [2.45, 2.75) is 38.3 Å². The highest BCUT2D eigenvalue weighted by atomic mass is 32.1. The first kappa shape index (κ1) is 16.1. The molecule has 0 aliphatic rings. The van der Waals surface area contributed by atoms with Gasteiger partial charge in [0.05, 0.1) is 6.04 Å². The van der Waals surface area contributed by atoms with Crippen molar-refractivity contribution in [2.75, 3.05) is 0 Å². The van der Waals surface area contributed by atoms with Crippen molar-refractivity contribution in [1.29, 1.82) is 0 Å². The van der Waals surface area contributed by atoms with Crippen LogP contribution in [0.3, 0.4) is 0 Å². The lowest BCUT2D eigenvalue weighted by molar-refractivity contribution is -0.139. The molecule has 1 heterocycles. The number of carbonyl (C=O) groups excluding carboxylic acids is 1. The Bertz CT molecular complexity index is 479. The number of carboxylic acid groups (broad SMARTS) is 1. The molecule has 0 saturated heterocycles. The number of amides is 2. The number of hydrogen-bond donors (Lipinski definition) is 3. The molecule has 0 radical (unpaired) electrons. The van der Waals surface area contributed by atoms with Crippen molar-refractivity contribution in [3.05, 3.63) is 22.4 Å². The summed E-state index contributed by atoms with van der Waals surface area (Å²) >= 11 is 1.56. The molecule has 6 heteroatoms. The molecule has 2 atom stereocenters. The van der Waals surface area contributed by atoms with Crippen LogP contribution in [0.5, 0.6) is 0 Å². The summed E-state index contributed by atoms with van der Waals surface area (Å²) in [6, 6.07) is 2.17. The maximum atomic E-state index is 11.9. The predicted molar refractivity (Wildman–Crippen MR) is 78.5 cm³/mol. The van der Waals surface area contributed by atoms with E-state index < -0.39 is 18.0 Å². The molecule has 108 valence electrons. The van der Waals surface area contributed by atoms with Gasteiger partial charge >= 0.3 is 12.0 Å². The molecule has 2 amide bonds. The van der Waals surface area contributed by atoms with Gasteiger partial charge in [-0.05, 0) is 17.9 Å². The Morgan fingerprint density at radius 1 is 1.50 bits per heavy atom. The van der Waals surface area contributed by atoms with Crippen molar-refractivity contribution in [3.8, 4) is 12.3 Å². The summed E-state index contributed by atoms with van der Waals surface area (Å²) in [5, 5.41) is 16.1. The summed E-state index contributed by atoms with van der Waals surface area (Å²) in [6.07, 6.45) is 6.75. The van der Waals surface area contributed by atoms with Gasteiger partial charge in [0.2, 0.25) is 0 Å². The van der Waals surface area contributed by atoms with Gasteiger partial charge in [-0.25, -0.2) is 9.59 Å². The molecule has 2 unspecified atom stereocenters. The number of nitrogens with one attached hydrogen (secondary N) is 2. The average Bonchev–Trinajstić information content (AvgIpc) is 2.91. The molecule has 1 rings (SSSR count). The van der Waals surface area contributed by atoms with Crippen molar-refractivity contribution >= 4 is 23.3 Å². The van der Waals surface area contributed by atoms with E-state index in [1.54, 1.807) is 11.3 Å². The number of terminal acetylenes is 1. The lowest BCUT2D eigenvalue weighted by Gasteiger charge is -2.19. The zero-order chi connectivity index (χ0) is 15.0. The number of carboxylic acids is 1. The second-order valence-electron chi connectivity index (χ2n) is 4.27. The van der Waals surface area contributed by atoms with E-state index in [9.17, 15) is 9.59 Å².